The summed E-state index contributed by atoms with van der Waals surface area (Å²) in [5, 5.41) is 4.06. The molecule has 3 aromatic rings. The van der Waals surface area contributed by atoms with Crippen molar-refractivity contribution in [2.75, 3.05) is 13.2 Å². The number of amides is 2. The van der Waals surface area contributed by atoms with Crippen molar-refractivity contribution in [2.45, 2.75) is 30.7 Å². The van der Waals surface area contributed by atoms with E-state index in [0.717, 1.165) is 11.1 Å². The van der Waals surface area contributed by atoms with Crippen LogP contribution in [0.25, 0.3) is 11.3 Å². The summed E-state index contributed by atoms with van der Waals surface area (Å²) < 4.78 is 11.5. The van der Waals surface area contributed by atoms with Gasteiger partial charge in [0, 0.05) is 18.5 Å². The Kier molecular flexibility index (Phi) is 4.01. The van der Waals surface area contributed by atoms with E-state index >= 15 is 0 Å². The van der Waals surface area contributed by atoms with Crippen LogP contribution < -0.4 is 0 Å². The zero-order valence-electron chi connectivity index (χ0n) is 16.8. The second kappa shape index (κ2) is 6.78. The summed E-state index contributed by atoms with van der Waals surface area (Å²) in [5.41, 5.74) is 2.05. The van der Waals surface area contributed by atoms with E-state index in [-0.39, 0.29) is 30.3 Å². The molecular formula is C24H21N3O4. The highest BCUT2D eigenvalue weighted by atomic mass is 16.5. The number of rotatable bonds is 3. The first-order chi connectivity index (χ1) is 15.2. The Bertz CT molecular complexity index is 1150. The minimum atomic E-state index is -0.753. The molecule has 1 aromatic heterocycles. The average Bonchev–Trinajstić information content (AvgIpc) is 3.56. The maximum absolute atomic E-state index is 13.5. The van der Waals surface area contributed by atoms with Crippen LogP contribution in [0.2, 0.25) is 0 Å². The predicted molar refractivity (Wildman–Crippen MR) is 111 cm³/mol. The number of carbonyl (C=O) groups is 2. The van der Waals surface area contributed by atoms with E-state index in [1.54, 1.807) is 4.90 Å². The average molecular weight is 415 g/mol. The molecule has 0 bridgehead atoms. The van der Waals surface area contributed by atoms with E-state index in [2.05, 4.69) is 5.16 Å². The van der Waals surface area contributed by atoms with Gasteiger partial charge in [0.15, 0.2) is 5.72 Å². The van der Waals surface area contributed by atoms with Gasteiger partial charge in [0.25, 0.3) is 5.91 Å². The third-order valence-corrected chi connectivity index (χ3v) is 6.75. The molecule has 4 heterocycles. The maximum atomic E-state index is 13.5. The van der Waals surface area contributed by atoms with Gasteiger partial charge in [-0.1, -0.05) is 65.8 Å². The maximum Gasteiger partial charge on any atom is 0.259 e. The van der Waals surface area contributed by atoms with Crippen LogP contribution in [0.15, 0.2) is 71.4 Å². The van der Waals surface area contributed by atoms with Crippen molar-refractivity contribution in [3.63, 3.8) is 0 Å². The fourth-order valence-corrected chi connectivity index (χ4v) is 5.36. The number of ether oxygens (including phenoxy) is 1. The van der Waals surface area contributed by atoms with Gasteiger partial charge in [0.05, 0.1) is 25.1 Å². The van der Waals surface area contributed by atoms with Crippen LogP contribution in [0.5, 0.6) is 0 Å². The van der Waals surface area contributed by atoms with Crippen molar-refractivity contribution < 1.29 is 18.8 Å². The zero-order chi connectivity index (χ0) is 21.0. The molecule has 0 radical (unpaired) electrons. The van der Waals surface area contributed by atoms with E-state index in [1.807, 2.05) is 65.6 Å². The molecule has 2 amide bonds. The smallest absolute Gasteiger partial charge is 0.259 e. The lowest BCUT2D eigenvalue weighted by Crippen LogP contribution is -2.49. The van der Waals surface area contributed by atoms with Crippen molar-refractivity contribution >= 4 is 11.8 Å². The normalized spacial score (nSPS) is 26.9. The second-order valence-electron chi connectivity index (χ2n) is 8.26. The SMILES string of the molecule is O=C(c1conc1-c1ccccc1)N1CC[C@@]23OC[C@@H](c4ccccc4)N2C(=O)C[C@@H]13. The van der Waals surface area contributed by atoms with Gasteiger partial charge in [-0.05, 0) is 5.56 Å². The summed E-state index contributed by atoms with van der Waals surface area (Å²) in [6.45, 7) is 0.963. The summed E-state index contributed by atoms with van der Waals surface area (Å²) in [4.78, 5) is 30.2. The van der Waals surface area contributed by atoms with E-state index in [1.165, 1.54) is 6.26 Å². The Labute approximate surface area is 179 Å². The van der Waals surface area contributed by atoms with Crippen LogP contribution in [0, 0.1) is 0 Å². The first kappa shape index (κ1) is 18.3. The summed E-state index contributed by atoms with van der Waals surface area (Å²) in [6, 6.07) is 19.0. The van der Waals surface area contributed by atoms with E-state index in [9.17, 15) is 9.59 Å². The molecule has 2 aromatic carbocycles. The lowest BCUT2D eigenvalue weighted by atomic mass is 10.0. The molecule has 0 saturated carbocycles. The molecule has 1 spiro atoms. The van der Waals surface area contributed by atoms with E-state index in [0.29, 0.717) is 30.8 Å². The molecule has 3 fully saturated rings. The van der Waals surface area contributed by atoms with Gasteiger partial charge < -0.3 is 19.1 Å². The first-order valence-electron chi connectivity index (χ1n) is 10.5. The van der Waals surface area contributed by atoms with Crippen molar-refractivity contribution in [3.05, 3.63) is 78.1 Å². The minimum absolute atomic E-state index is 0.0301. The molecule has 0 unspecified atom stereocenters. The Morgan fingerprint density at radius 2 is 1.81 bits per heavy atom. The molecule has 3 saturated heterocycles. The van der Waals surface area contributed by atoms with Crippen molar-refractivity contribution in [3.8, 4) is 11.3 Å². The van der Waals surface area contributed by atoms with Gasteiger partial charge in [-0.25, -0.2) is 0 Å². The number of benzene rings is 2. The molecule has 3 aliphatic rings. The number of carbonyl (C=O) groups excluding carboxylic acids is 2. The predicted octanol–water partition coefficient (Wildman–Crippen LogP) is 3.26. The highest BCUT2D eigenvalue weighted by Gasteiger charge is 2.65. The Morgan fingerprint density at radius 1 is 1.06 bits per heavy atom. The zero-order valence-corrected chi connectivity index (χ0v) is 16.8. The first-order valence-corrected chi connectivity index (χ1v) is 10.5. The summed E-state index contributed by atoms with van der Waals surface area (Å²) >= 11 is 0. The number of likely N-dealkylation sites (tertiary alicyclic amines) is 1. The topological polar surface area (TPSA) is 75.9 Å². The van der Waals surface area contributed by atoms with Gasteiger partial charge >= 0.3 is 0 Å². The molecule has 0 aliphatic carbocycles. The number of hydrogen-bond acceptors (Lipinski definition) is 5. The summed E-state index contributed by atoms with van der Waals surface area (Å²) in [5.74, 6) is -0.147. The van der Waals surface area contributed by atoms with E-state index in [4.69, 9.17) is 9.26 Å². The van der Waals surface area contributed by atoms with Gasteiger partial charge in [-0.2, -0.15) is 0 Å². The Morgan fingerprint density at radius 3 is 2.58 bits per heavy atom. The lowest BCUT2D eigenvalue weighted by molar-refractivity contribution is -0.138. The monoisotopic (exact) mass is 415 g/mol. The molecule has 31 heavy (non-hydrogen) atoms. The van der Waals surface area contributed by atoms with Crippen LogP contribution in [0.4, 0.5) is 0 Å². The van der Waals surface area contributed by atoms with Crippen LogP contribution in [-0.2, 0) is 9.53 Å². The molecule has 7 nitrogen and oxygen atoms in total. The highest BCUT2D eigenvalue weighted by molar-refractivity contribution is 6.00. The fourth-order valence-electron chi connectivity index (χ4n) is 5.36. The lowest BCUT2D eigenvalue weighted by Gasteiger charge is -2.33. The van der Waals surface area contributed by atoms with Gasteiger partial charge in [-0.3, -0.25) is 9.59 Å². The molecule has 0 N–H and O–H groups in total. The third kappa shape index (κ3) is 2.59. The molecule has 156 valence electrons. The van der Waals surface area contributed by atoms with Crippen LogP contribution in [0.3, 0.4) is 0 Å². The number of nitrogens with zero attached hydrogens (tertiary/aromatic N) is 3. The van der Waals surface area contributed by atoms with Gasteiger partial charge in [0.2, 0.25) is 5.91 Å². The molecule has 6 rings (SSSR count). The standard InChI is InChI=1S/C24H21N3O4/c28-21-13-20-24(27(21)19(15-30-24)16-7-3-1-4-8-16)11-12-26(20)23(29)18-14-31-25-22(18)17-9-5-2-6-10-17/h1-10,14,19-20H,11-13,15H2/t19-,20+,24-/m0/s1. The van der Waals surface area contributed by atoms with Crippen LogP contribution in [0.1, 0.15) is 34.8 Å². The van der Waals surface area contributed by atoms with Crippen molar-refractivity contribution in [1.29, 1.82) is 0 Å². The minimum Gasteiger partial charge on any atom is -0.363 e. The summed E-state index contributed by atoms with van der Waals surface area (Å²) in [6.07, 6.45) is 2.26. The highest BCUT2D eigenvalue weighted by Crippen LogP contribution is 2.51. The Balaban J connectivity index is 1.32. The van der Waals surface area contributed by atoms with Crippen LogP contribution in [-0.4, -0.2) is 51.7 Å². The molecular weight excluding hydrogens is 394 g/mol. The molecule has 7 heteroatoms. The second-order valence-corrected chi connectivity index (χ2v) is 8.26. The van der Waals surface area contributed by atoms with E-state index < -0.39 is 5.72 Å². The van der Waals surface area contributed by atoms with Crippen LogP contribution >= 0.6 is 0 Å². The molecule has 3 atom stereocenters. The number of aromatic nitrogens is 1. The third-order valence-electron chi connectivity index (χ3n) is 6.75. The number of hydrogen-bond donors (Lipinski definition) is 0. The fraction of sp³-hybridized carbons (Fsp3) is 0.292. The molecule has 3 aliphatic heterocycles. The van der Waals surface area contributed by atoms with Crippen molar-refractivity contribution in [1.82, 2.24) is 15.0 Å². The van der Waals surface area contributed by atoms with Crippen molar-refractivity contribution in [2.24, 2.45) is 0 Å². The largest absolute Gasteiger partial charge is 0.363 e. The van der Waals surface area contributed by atoms with Gasteiger partial charge in [-0.15, -0.1) is 0 Å². The Hall–Kier alpha value is -3.45. The summed E-state index contributed by atoms with van der Waals surface area (Å²) in [7, 11) is 0. The van der Waals surface area contributed by atoms with Gasteiger partial charge in [0.1, 0.15) is 17.5 Å². The quantitative estimate of drug-likeness (QED) is 0.656.